The summed E-state index contributed by atoms with van der Waals surface area (Å²) in [4.78, 5) is 38.9. The number of aryl methyl sites for hydroxylation is 1. The van der Waals surface area contributed by atoms with E-state index in [1.165, 1.54) is 18.2 Å². The first-order chi connectivity index (χ1) is 15.2. The number of nitrogens with zero attached hydrogens (tertiary/aromatic N) is 2. The lowest BCUT2D eigenvalue weighted by Gasteiger charge is -2.27. The van der Waals surface area contributed by atoms with Gasteiger partial charge in [-0.3, -0.25) is 14.9 Å². The SMILES string of the molecule is Cc1cc(/C=C2\C(=O)NC(=O)N(c3cccc(Cl)c3Cl)C2=O)c(C)n1-c1ccc(O)cc1. The van der Waals surface area contributed by atoms with Crippen molar-refractivity contribution >= 4 is 52.8 Å². The van der Waals surface area contributed by atoms with Crippen molar-refractivity contribution in [2.24, 2.45) is 0 Å². The van der Waals surface area contributed by atoms with E-state index in [2.05, 4.69) is 5.32 Å². The van der Waals surface area contributed by atoms with E-state index < -0.39 is 17.8 Å². The number of aromatic nitrogens is 1. The van der Waals surface area contributed by atoms with E-state index in [-0.39, 0.29) is 27.1 Å². The van der Waals surface area contributed by atoms with Gasteiger partial charge >= 0.3 is 6.03 Å². The molecule has 1 aliphatic heterocycles. The number of carbonyl (C=O) groups is 3. The minimum absolute atomic E-state index is 0.0249. The van der Waals surface area contributed by atoms with Gasteiger partial charge in [0.05, 0.1) is 15.7 Å². The molecule has 3 aromatic rings. The third kappa shape index (κ3) is 3.66. The molecule has 0 bridgehead atoms. The molecule has 1 fully saturated rings. The van der Waals surface area contributed by atoms with Crippen molar-refractivity contribution in [1.29, 1.82) is 0 Å². The Labute approximate surface area is 193 Å². The van der Waals surface area contributed by atoms with Crippen LogP contribution >= 0.6 is 23.2 Å². The minimum atomic E-state index is -0.907. The van der Waals surface area contributed by atoms with Crippen LogP contribution in [-0.2, 0) is 9.59 Å². The van der Waals surface area contributed by atoms with E-state index in [0.29, 0.717) is 5.56 Å². The molecule has 162 valence electrons. The van der Waals surface area contributed by atoms with Crippen molar-refractivity contribution < 1.29 is 19.5 Å². The van der Waals surface area contributed by atoms with Gasteiger partial charge in [0.25, 0.3) is 11.8 Å². The second-order valence-electron chi connectivity index (χ2n) is 7.21. The van der Waals surface area contributed by atoms with Gasteiger partial charge in [-0.2, -0.15) is 0 Å². The highest BCUT2D eigenvalue weighted by molar-refractivity contribution is 6.46. The van der Waals surface area contributed by atoms with E-state index in [1.54, 1.807) is 30.3 Å². The molecule has 2 aromatic carbocycles. The molecule has 4 rings (SSSR count). The molecule has 0 aliphatic carbocycles. The summed E-state index contributed by atoms with van der Waals surface area (Å²) in [7, 11) is 0. The van der Waals surface area contributed by atoms with Crippen molar-refractivity contribution in [2.75, 3.05) is 4.90 Å². The molecule has 2 N–H and O–H groups in total. The zero-order valence-corrected chi connectivity index (χ0v) is 18.5. The summed E-state index contributed by atoms with van der Waals surface area (Å²) in [5.74, 6) is -1.46. The van der Waals surface area contributed by atoms with Crippen LogP contribution in [0, 0.1) is 13.8 Å². The number of nitrogens with one attached hydrogen (secondary N) is 1. The number of aromatic hydroxyl groups is 1. The Morgan fingerprint density at radius 1 is 1.00 bits per heavy atom. The molecule has 32 heavy (non-hydrogen) atoms. The van der Waals surface area contributed by atoms with Gasteiger partial charge in [-0.25, -0.2) is 9.69 Å². The fourth-order valence-corrected chi connectivity index (χ4v) is 4.01. The number of hydrogen-bond donors (Lipinski definition) is 2. The average molecular weight is 470 g/mol. The van der Waals surface area contributed by atoms with E-state index in [1.807, 2.05) is 24.5 Å². The number of carbonyl (C=O) groups excluding carboxylic acids is 3. The second-order valence-corrected chi connectivity index (χ2v) is 7.99. The molecular formula is C23H17Cl2N3O4. The molecular weight excluding hydrogens is 453 g/mol. The van der Waals surface area contributed by atoms with E-state index in [9.17, 15) is 19.5 Å². The van der Waals surface area contributed by atoms with Crippen LogP contribution in [-0.4, -0.2) is 27.5 Å². The third-order valence-corrected chi connectivity index (χ3v) is 5.96. The molecule has 2 heterocycles. The number of benzene rings is 2. The summed E-state index contributed by atoms with van der Waals surface area (Å²) in [5.41, 5.74) is 2.92. The lowest BCUT2D eigenvalue weighted by atomic mass is 10.1. The smallest absolute Gasteiger partial charge is 0.336 e. The highest BCUT2D eigenvalue weighted by Crippen LogP contribution is 2.34. The van der Waals surface area contributed by atoms with Gasteiger partial charge in [0.1, 0.15) is 11.3 Å². The molecule has 1 aliphatic rings. The van der Waals surface area contributed by atoms with Crippen molar-refractivity contribution in [1.82, 2.24) is 9.88 Å². The zero-order valence-electron chi connectivity index (χ0n) is 17.0. The number of phenolic OH excluding ortho intramolecular Hbond substituents is 1. The summed E-state index contributed by atoms with van der Waals surface area (Å²) in [6, 6.07) is 12.1. The predicted molar refractivity (Wildman–Crippen MR) is 122 cm³/mol. The maximum atomic E-state index is 13.2. The largest absolute Gasteiger partial charge is 0.508 e. The Kier molecular flexibility index (Phi) is 5.54. The fraction of sp³-hybridized carbons (Fsp3) is 0.0870. The standard InChI is InChI=1S/C23H17Cl2N3O4/c1-12-10-14(13(2)27(12)15-6-8-16(29)9-7-15)11-17-21(30)26-23(32)28(22(17)31)19-5-3-4-18(24)20(19)25/h3-11,29H,1-2H3,(H,26,30,32)/b17-11+. The Hall–Kier alpha value is -3.55. The van der Waals surface area contributed by atoms with Crippen molar-refractivity contribution in [2.45, 2.75) is 13.8 Å². The number of imide groups is 2. The maximum absolute atomic E-state index is 13.2. The zero-order chi connectivity index (χ0) is 23.2. The van der Waals surface area contributed by atoms with Gasteiger partial charge in [0, 0.05) is 17.1 Å². The first kappa shape index (κ1) is 21.7. The van der Waals surface area contributed by atoms with E-state index in [4.69, 9.17) is 23.2 Å². The number of urea groups is 1. The van der Waals surface area contributed by atoms with Crippen molar-refractivity contribution in [3.63, 3.8) is 0 Å². The van der Waals surface area contributed by atoms with Crippen LogP contribution in [0.4, 0.5) is 10.5 Å². The van der Waals surface area contributed by atoms with Gasteiger partial charge in [0.15, 0.2) is 0 Å². The van der Waals surface area contributed by atoms with Crippen LogP contribution in [0.5, 0.6) is 5.75 Å². The Morgan fingerprint density at radius 3 is 2.38 bits per heavy atom. The highest BCUT2D eigenvalue weighted by Gasteiger charge is 2.38. The Bertz CT molecular complexity index is 1310. The van der Waals surface area contributed by atoms with Crippen LogP contribution in [0.2, 0.25) is 10.0 Å². The molecule has 1 aromatic heterocycles. The first-order valence-electron chi connectivity index (χ1n) is 9.53. The normalized spacial score (nSPS) is 15.4. The quantitative estimate of drug-likeness (QED) is 0.426. The predicted octanol–water partition coefficient (Wildman–Crippen LogP) is 4.77. The molecule has 0 saturated carbocycles. The number of phenols is 1. The number of anilines is 1. The molecule has 4 amide bonds. The van der Waals surface area contributed by atoms with Gasteiger partial charge in [0.2, 0.25) is 0 Å². The summed E-state index contributed by atoms with van der Waals surface area (Å²) >= 11 is 12.2. The fourth-order valence-electron chi connectivity index (χ4n) is 3.63. The topological polar surface area (TPSA) is 91.6 Å². The molecule has 0 unspecified atom stereocenters. The molecule has 0 radical (unpaired) electrons. The van der Waals surface area contributed by atoms with Crippen molar-refractivity contribution in [3.05, 3.63) is 81.1 Å². The average Bonchev–Trinajstić information content (AvgIpc) is 3.02. The van der Waals surface area contributed by atoms with Crippen LogP contribution in [0.25, 0.3) is 11.8 Å². The van der Waals surface area contributed by atoms with Crippen LogP contribution in [0.3, 0.4) is 0 Å². The van der Waals surface area contributed by atoms with Crippen molar-refractivity contribution in [3.8, 4) is 11.4 Å². The van der Waals surface area contributed by atoms with Crippen LogP contribution in [0.15, 0.2) is 54.1 Å². The van der Waals surface area contributed by atoms with Gasteiger partial charge < -0.3 is 9.67 Å². The first-order valence-corrected chi connectivity index (χ1v) is 10.3. The van der Waals surface area contributed by atoms with Gasteiger partial charge in [-0.05, 0) is 68.0 Å². The molecule has 0 spiro atoms. The third-order valence-electron chi connectivity index (χ3n) is 5.15. The summed E-state index contributed by atoms with van der Waals surface area (Å²) in [6.07, 6.45) is 1.44. The molecule has 9 heteroatoms. The van der Waals surface area contributed by atoms with Gasteiger partial charge in [-0.15, -0.1) is 0 Å². The number of halogens is 2. The summed E-state index contributed by atoms with van der Waals surface area (Å²) in [6.45, 7) is 3.72. The number of hydrogen-bond acceptors (Lipinski definition) is 4. The van der Waals surface area contributed by atoms with E-state index >= 15 is 0 Å². The van der Waals surface area contributed by atoms with E-state index in [0.717, 1.165) is 22.0 Å². The monoisotopic (exact) mass is 469 g/mol. The minimum Gasteiger partial charge on any atom is -0.508 e. The Balaban J connectivity index is 1.78. The Morgan fingerprint density at radius 2 is 1.69 bits per heavy atom. The second kappa shape index (κ2) is 8.18. The number of rotatable bonds is 3. The maximum Gasteiger partial charge on any atom is 0.336 e. The summed E-state index contributed by atoms with van der Waals surface area (Å²) in [5, 5.41) is 11.9. The number of amides is 4. The van der Waals surface area contributed by atoms with Crippen LogP contribution < -0.4 is 10.2 Å². The molecule has 0 atom stereocenters. The number of barbiturate groups is 1. The lowest BCUT2D eigenvalue weighted by Crippen LogP contribution is -2.54. The molecule has 7 nitrogen and oxygen atoms in total. The summed E-state index contributed by atoms with van der Waals surface area (Å²) < 4.78 is 1.92. The lowest BCUT2D eigenvalue weighted by molar-refractivity contribution is -0.122. The van der Waals surface area contributed by atoms with Gasteiger partial charge in [-0.1, -0.05) is 29.3 Å². The van der Waals surface area contributed by atoms with Crippen LogP contribution in [0.1, 0.15) is 17.0 Å². The molecule has 1 saturated heterocycles. The highest BCUT2D eigenvalue weighted by atomic mass is 35.5.